The molecule has 1 atom stereocenters. The van der Waals surface area contributed by atoms with Crippen LogP contribution in [0.15, 0.2) is 53.5 Å². The van der Waals surface area contributed by atoms with Gasteiger partial charge in [-0.2, -0.15) is 0 Å². The van der Waals surface area contributed by atoms with Crippen molar-refractivity contribution in [1.82, 2.24) is 15.0 Å². The van der Waals surface area contributed by atoms with Crippen molar-refractivity contribution in [3.05, 3.63) is 75.2 Å². The molecule has 5 N–H and O–H groups in total. The standard InChI is InChI=1S/C23H23ClN4O4/c1-13-9-16(32-8-7-29)11-18-21(13)28-22(27-18)20-17(5-6-25-23(20)31)26-12-19(30)14-3-2-4-15(24)10-14/h2-6,9-11,19,29-30H,7-8,12H2,1H3,(H,27,28)(H2,25,26,31). The molecular weight excluding hydrogens is 432 g/mol. The molecule has 0 fully saturated rings. The SMILES string of the molecule is Cc1cc(OCCO)cc2[nH]c(-c3c(NCC(O)c4cccc(Cl)c4)cc[nH]c3=O)nc12. The van der Waals surface area contributed by atoms with Crippen molar-refractivity contribution in [2.75, 3.05) is 25.1 Å². The third-order valence-electron chi connectivity index (χ3n) is 5.03. The zero-order chi connectivity index (χ0) is 22.7. The maximum Gasteiger partial charge on any atom is 0.261 e. The van der Waals surface area contributed by atoms with Crippen molar-refractivity contribution in [1.29, 1.82) is 0 Å². The summed E-state index contributed by atoms with van der Waals surface area (Å²) in [6.07, 6.45) is 0.722. The Hall–Kier alpha value is -3.33. The second-order valence-corrected chi connectivity index (χ2v) is 7.78. The number of rotatable bonds is 8. The number of aliphatic hydroxyl groups is 2. The molecule has 0 amide bonds. The van der Waals surface area contributed by atoms with Crippen LogP contribution in [0.2, 0.25) is 5.02 Å². The van der Waals surface area contributed by atoms with Crippen molar-refractivity contribution in [3.8, 4) is 17.1 Å². The van der Waals surface area contributed by atoms with Crippen LogP contribution in [-0.4, -0.2) is 44.9 Å². The molecule has 2 heterocycles. The van der Waals surface area contributed by atoms with E-state index < -0.39 is 6.10 Å². The number of imidazole rings is 1. The van der Waals surface area contributed by atoms with Gasteiger partial charge < -0.3 is 30.2 Å². The number of hydrogen-bond donors (Lipinski definition) is 5. The van der Waals surface area contributed by atoms with Crippen molar-refractivity contribution in [2.45, 2.75) is 13.0 Å². The number of aromatic nitrogens is 3. The molecule has 0 saturated heterocycles. The summed E-state index contributed by atoms with van der Waals surface area (Å²) in [5, 5.41) is 23.2. The summed E-state index contributed by atoms with van der Waals surface area (Å²) in [4.78, 5) is 23.2. The Morgan fingerprint density at radius 2 is 2.09 bits per heavy atom. The highest BCUT2D eigenvalue weighted by Crippen LogP contribution is 2.29. The first-order valence-electron chi connectivity index (χ1n) is 10.1. The Morgan fingerprint density at radius 1 is 1.25 bits per heavy atom. The summed E-state index contributed by atoms with van der Waals surface area (Å²) in [5.74, 6) is 0.994. The van der Waals surface area contributed by atoms with Crippen molar-refractivity contribution >= 4 is 28.3 Å². The molecule has 0 radical (unpaired) electrons. The first kappa shape index (κ1) is 21.9. The van der Waals surface area contributed by atoms with Crippen LogP contribution < -0.4 is 15.6 Å². The minimum atomic E-state index is -0.815. The molecule has 0 saturated carbocycles. The molecule has 2 aromatic heterocycles. The number of aromatic amines is 2. The van der Waals surface area contributed by atoms with E-state index in [1.165, 1.54) is 6.20 Å². The van der Waals surface area contributed by atoms with Gasteiger partial charge in [-0.1, -0.05) is 23.7 Å². The van der Waals surface area contributed by atoms with E-state index in [2.05, 4.69) is 20.3 Å². The predicted molar refractivity (Wildman–Crippen MR) is 124 cm³/mol. The van der Waals surface area contributed by atoms with Crippen molar-refractivity contribution in [3.63, 3.8) is 0 Å². The zero-order valence-electron chi connectivity index (χ0n) is 17.4. The fourth-order valence-corrected chi connectivity index (χ4v) is 3.72. The molecule has 0 aliphatic carbocycles. The van der Waals surface area contributed by atoms with E-state index in [-0.39, 0.29) is 25.3 Å². The van der Waals surface area contributed by atoms with Crippen LogP contribution in [0.3, 0.4) is 0 Å². The van der Waals surface area contributed by atoms with Gasteiger partial charge in [0.15, 0.2) is 0 Å². The van der Waals surface area contributed by atoms with E-state index in [9.17, 15) is 9.90 Å². The maximum absolute atomic E-state index is 12.7. The van der Waals surface area contributed by atoms with Gasteiger partial charge in [-0.05, 0) is 42.3 Å². The topological polar surface area (TPSA) is 123 Å². The first-order valence-corrected chi connectivity index (χ1v) is 10.5. The van der Waals surface area contributed by atoms with E-state index in [1.54, 1.807) is 36.4 Å². The van der Waals surface area contributed by atoms with E-state index >= 15 is 0 Å². The smallest absolute Gasteiger partial charge is 0.261 e. The Kier molecular flexibility index (Phi) is 6.45. The van der Waals surface area contributed by atoms with Gasteiger partial charge in [-0.3, -0.25) is 4.79 Å². The van der Waals surface area contributed by atoms with Crippen LogP contribution in [0.4, 0.5) is 5.69 Å². The van der Waals surface area contributed by atoms with Gasteiger partial charge >= 0.3 is 0 Å². The molecular formula is C23H23ClN4O4. The largest absolute Gasteiger partial charge is 0.491 e. The van der Waals surface area contributed by atoms with Crippen LogP contribution in [0.1, 0.15) is 17.2 Å². The summed E-state index contributed by atoms with van der Waals surface area (Å²) < 4.78 is 5.51. The average molecular weight is 455 g/mol. The number of aryl methyl sites for hydroxylation is 1. The van der Waals surface area contributed by atoms with Gasteiger partial charge in [0.1, 0.15) is 23.7 Å². The second-order valence-electron chi connectivity index (χ2n) is 7.34. The van der Waals surface area contributed by atoms with E-state index in [1.807, 2.05) is 13.0 Å². The fourth-order valence-electron chi connectivity index (χ4n) is 3.52. The molecule has 0 bridgehead atoms. The first-order chi connectivity index (χ1) is 15.5. The number of H-pyrrole nitrogens is 2. The summed E-state index contributed by atoms with van der Waals surface area (Å²) >= 11 is 6.01. The number of ether oxygens (including phenoxy) is 1. The number of pyridine rings is 1. The molecule has 4 rings (SSSR count). The highest BCUT2D eigenvalue weighted by molar-refractivity contribution is 6.30. The summed E-state index contributed by atoms with van der Waals surface area (Å²) in [6, 6.07) is 12.3. The van der Waals surface area contributed by atoms with Crippen LogP contribution in [0.25, 0.3) is 22.4 Å². The molecule has 0 aliphatic rings. The van der Waals surface area contributed by atoms with Crippen LogP contribution in [0.5, 0.6) is 5.75 Å². The van der Waals surface area contributed by atoms with Gasteiger partial charge in [0, 0.05) is 23.8 Å². The Labute approximate surface area is 188 Å². The molecule has 0 spiro atoms. The number of nitrogens with one attached hydrogen (secondary N) is 3. The summed E-state index contributed by atoms with van der Waals surface area (Å²) in [5.41, 5.74) is 3.51. The lowest BCUT2D eigenvalue weighted by molar-refractivity contribution is 0.191. The monoisotopic (exact) mass is 454 g/mol. The minimum Gasteiger partial charge on any atom is -0.491 e. The normalized spacial score (nSPS) is 12.1. The second kappa shape index (κ2) is 9.44. The van der Waals surface area contributed by atoms with Crippen LogP contribution in [0, 0.1) is 6.92 Å². The minimum absolute atomic E-state index is 0.0826. The average Bonchev–Trinajstić information content (AvgIpc) is 3.20. The highest BCUT2D eigenvalue weighted by atomic mass is 35.5. The van der Waals surface area contributed by atoms with Gasteiger partial charge in [0.2, 0.25) is 0 Å². The molecule has 32 heavy (non-hydrogen) atoms. The molecule has 8 nitrogen and oxygen atoms in total. The van der Waals surface area contributed by atoms with Crippen molar-refractivity contribution < 1.29 is 14.9 Å². The van der Waals surface area contributed by atoms with Gasteiger partial charge in [0.05, 0.1) is 29.4 Å². The molecule has 9 heteroatoms. The summed E-state index contributed by atoms with van der Waals surface area (Å²) in [6.45, 7) is 2.18. The number of fused-ring (bicyclic) bond motifs is 1. The van der Waals surface area contributed by atoms with E-state index in [0.29, 0.717) is 44.4 Å². The van der Waals surface area contributed by atoms with Gasteiger partial charge in [0.25, 0.3) is 5.56 Å². The van der Waals surface area contributed by atoms with Gasteiger partial charge in [-0.25, -0.2) is 4.98 Å². The summed E-state index contributed by atoms with van der Waals surface area (Å²) in [7, 11) is 0. The number of benzene rings is 2. The lowest BCUT2D eigenvalue weighted by Gasteiger charge is -2.15. The Bertz CT molecular complexity index is 1300. The van der Waals surface area contributed by atoms with Crippen molar-refractivity contribution in [2.24, 2.45) is 0 Å². The molecule has 0 aliphatic heterocycles. The number of halogens is 1. The maximum atomic E-state index is 12.7. The highest BCUT2D eigenvalue weighted by Gasteiger charge is 2.17. The van der Waals surface area contributed by atoms with E-state index in [4.69, 9.17) is 21.4 Å². The third-order valence-corrected chi connectivity index (χ3v) is 5.26. The number of anilines is 1. The quantitative estimate of drug-likeness (QED) is 0.278. The number of aliphatic hydroxyl groups excluding tert-OH is 2. The lowest BCUT2D eigenvalue weighted by Crippen LogP contribution is -2.17. The molecule has 2 aromatic carbocycles. The van der Waals surface area contributed by atoms with Crippen LogP contribution >= 0.6 is 11.6 Å². The Balaban J connectivity index is 1.65. The zero-order valence-corrected chi connectivity index (χ0v) is 18.1. The third kappa shape index (κ3) is 4.62. The molecule has 4 aromatic rings. The van der Waals surface area contributed by atoms with Crippen LogP contribution in [-0.2, 0) is 0 Å². The number of nitrogens with zero attached hydrogens (tertiary/aromatic N) is 1. The van der Waals surface area contributed by atoms with E-state index in [0.717, 1.165) is 5.56 Å². The lowest BCUT2D eigenvalue weighted by atomic mass is 10.1. The molecule has 166 valence electrons. The Morgan fingerprint density at radius 3 is 2.88 bits per heavy atom. The fraction of sp³-hybridized carbons (Fsp3) is 0.217. The number of hydrogen-bond acceptors (Lipinski definition) is 6. The predicted octanol–water partition coefficient (Wildman–Crippen LogP) is 3.40. The van der Waals surface area contributed by atoms with Gasteiger partial charge in [-0.15, -0.1) is 0 Å². The molecule has 1 unspecified atom stereocenters.